The maximum atomic E-state index is 12.5. The molecule has 0 radical (unpaired) electrons. The van der Waals surface area contributed by atoms with E-state index in [1.54, 1.807) is 45.0 Å². The third-order valence-electron chi connectivity index (χ3n) is 3.93. The molecule has 0 unspecified atom stereocenters. The van der Waals surface area contributed by atoms with Crippen molar-refractivity contribution in [2.24, 2.45) is 0 Å². The van der Waals surface area contributed by atoms with Crippen LogP contribution in [0.15, 0.2) is 33.6 Å². The van der Waals surface area contributed by atoms with E-state index in [0.29, 0.717) is 28.8 Å². The Bertz CT molecular complexity index is 1050. The molecular weight excluding hydrogens is 338 g/mol. The van der Waals surface area contributed by atoms with Crippen LogP contribution in [0.25, 0.3) is 10.8 Å². The average molecular weight is 355 g/mol. The van der Waals surface area contributed by atoms with Crippen molar-refractivity contribution in [3.05, 3.63) is 57.3 Å². The molecule has 0 fully saturated rings. The number of aromatic nitrogens is 3. The second-order valence-corrected chi connectivity index (χ2v) is 5.62. The van der Waals surface area contributed by atoms with Crippen LogP contribution in [0.2, 0.25) is 0 Å². The SMILES string of the molecule is CCn1nc(C(=O)NNC(=O)c2c(C)noc2C)c2ccccc2c1=O. The van der Waals surface area contributed by atoms with Crippen molar-refractivity contribution in [2.75, 3.05) is 0 Å². The van der Waals surface area contributed by atoms with Crippen LogP contribution in [0.4, 0.5) is 0 Å². The fourth-order valence-corrected chi connectivity index (χ4v) is 2.66. The molecule has 26 heavy (non-hydrogen) atoms. The van der Waals surface area contributed by atoms with Gasteiger partial charge in [-0.25, -0.2) is 4.68 Å². The number of carbonyl (C=O) groups excluding carboxylic acids is 2. The summed E-state index contributed by atoms with van der Waals surface area (Å²) in [6.07, 6.45) is 0. The molecular formula is C17H17N5O4. The lowest BCUT2D eigenvalue weighted by molar-refractivity contribution is 0.0842. The molecule has 0 aliphatic heterocycles. The van der Waals surface area contributed by atoms with Crippen LogP contribution in [0, 0.1) is 13.8 Å². The highest BCUT2D eigenvalue weighted by Gasteiger charge is 2.20. The smallest absolute Gasteiger partial charge is 0.290 e. The standard InChI is InChI=1S/C17H17N5O4/c1-4-22-17(25)12-8-6-5-7-11(12)14(20-22)16(24)19-18-15(23)13-9(2)21-26-10(13)3/h5-8H,4H2,1-3H3,(H,18,23)(H,19,24). The van der Waals surface area contributed by atoms with Crippen molar-refractivity contribution in [1.82, 2.24) is 25.8 Å². The molecule has 0 saturated carbocycles. The van der Waals surface area contributed by atoms with Gasteiger partial charge in [0.15, 0.2) is 5.69 Å². The first kappa shape index (κ1) is 17.3. The van der Waals surface area contributed by atoms with Crippen molar-refractivity contribution in [3.8, 4) is 0 Å². The van der Waals surface area contributed by atoms with Gasteiger partial charge >= 0.3 is 0 Å². The predicted molar refractivity (Wildman–Crippen MR) is 92.6 cm³/mol. The fraction of sp³-hybridized carbons (Fsp3) is 0.235. The van der Waals surface area contributed by atoms with Crippen LogP contribution < -0.4 is 16.4 Å². The number of nitrogens with one attached hydrogen (secondary N) is 2. The highest BCUT2D eigenvalue weighted by atomic mass is 16.5. The van der Waals surface area contributed by atoms with E-state index >= 15 is 0 Å². The number of hydrogen-bond donors (Lipinski definition) is 2. The zero-order chi connectivity index (χ0) is 18.8. The van der Waals surface area contributed by atoms with E-state index < -0.39 is 11.8 Å². The number of carbonyl (C=O) groups is 2. The fourth-order valence-electron chi connectivity index (χ4n) is 2.66. The molecule has 9 nitrogen and oxygen atoms in total. The van der Waals surface area contributed by atoms with Crippen LogP contribution in [-0.2, 0) is 6.54 Å². The van der Waals surface area contributed by atoms with E-state index in [1.807, 2.05) is 0 Å². The lowest BCUT2D eigenvalue weighted by Crippen LogP contribution is -2.43. The Morgan fingerprint density at radius 1 is 1.12 bits per heavy atom. The van der Waals surface area contributed by atoms with Crippen LogP contribution in [0.3, 0.4) is 0 Å². The van der Waals surface area contributed by atoms with E-state index in [9.17, 15) is 14.4 Å². The number of fused-ring (bicyclic) bond motifs is 1. The third kappa shape index (κ3) is 2.94. The Morgan fingerprint density at radius 3 is 2.38 bits per heavy atom. The number of rotatable bonds is 3. The maximum absolute atomic E-state index is 12.5. The van der Waals surface area contributed by atoms with Gasteiger partial charge in [0.05, 0.1) is 11.1 Å². The van der Waals surface area contributed by atoms with Gasteiger partial charge in [-0.05, 0) is 26.8 Å². The van der Waals surface area contributed by atoms with E-state index in [0.717, 1.165) is 0 Å². The molecule has 0 aliphatic rings. The molecule has 0 bridgehead atoms. The molecule has 3 rings (SSSR count). The Kier molecular flexibility index (Phi) is 4.53. The van der Waals surface area contributed by atoms with Gasteiger partial charge in [-0.1, -0.05) is 23.4 Å². The first-order valence-electron chi connectivity index (χ1n) is 7.97. The number of benzene rings is 1. The summed E-state index contributed by atoms with van der Waals surface area (Å²) in [5.41, 5.74) is 5.06. The van der Waals surface area contributed by atoms with Gasteiger partial charge in [-0.2, -0.15) is 5.10 Å². The van der Waals surface area contributed by atoms with Crippen molar-refractivity contribution in [1.29, 1.82) is 0 Å². The van der Waals surface area contributed by atoms with Gasteiger partial charge in [0.25, 0.3) is 17.4 Å². The molecule has 2 amide bonds. The van der Waals surface area contributed by atoms with Gasteiger partial charge < -0.3 is 4.52 Å². The highest BCUT2D eigenvalue weighted by molar-refractivity contribution is 6.06. The summed E-state index contributed by atoms with van der Waals surface area (Å²) in [4.78, 5) is 37.1. The van der Waals surface area contributed by atoms with Crippen LogP contribution in [0.1, 0.15) is 39.2 Å². The lowest BCUT2D eigenvalue weighted by atomic mass is 10.1. The zero-order valence-corrected chi connectivity index (χ0v) is 14.5. The first-order chi connectivity index (χ1) is 12.4. The minimum absolute atomic E-state index is 0.0427. The Hall–Kier alpha value is -3.49. The van der Waals surface area contributed by atoms with Gasteiger partial charge in [-0.15, -0.1) is 0 Å². The molecule has 0 atom stereocenters. The quantitative estimate of drug-likeness (QED) is 0.679. The molecule has 0 saturated heterocycles. The van der Waals surface area contributed by atoms with E-state index in [4.69, 9.17) is 4.52 Å². The molecule has 2 heterocycles. The summed E-state index contributed by atoms with van der Waals surface area (Å²) in [7, 11) is 0. The Morgan fingerprint density at radius 2 is 1.77 bits per heavy atom. The van der Waals surface area contributed by atoms with Gasteiger partial charge in [-0.3, -0.25) is 25.2 Å². The lowest BCUT2D eigenvalue weighted by Gasteiger charge is -2.10. The summed E-state index contributed by atoms with van der Waals surface area (Å²) < 4.78 is 6.14. The summed E-state index contributed by atoms with van der Waals surface area (Å²) in [6, 6.07) is 6.68. The van der Waals surface area contributed by atoms with Crippen molar-refractivity contribution in [2.45, 2.75) is 27.3 Å². The minimum Gasteiger partial charge on any atom is -0.361 e. The topological polar surface area (TPSA) is 119 Å². The molecule has 3 aromatic rings. The van der Waals surface area contributed by atoms with Crippen LogP contribution >= 0.6 is 0 Å². The number of hydrogen-bond acceptors (Lipinski definition) is 6. The third-order valence-corrected chi connectivity index (χ3v) is 3.93. The predicted octanol–water partition coefficient (Wildman–Crippen LogP) is 1.10. The number of amides is 2. The average Bonchev–Trinajstić information content (AvgIpc) is 2.98. The van der Waals surface area contributed by atoms with E-state index in [1.165, 1.54) is 4.68 Å². The molecule has 1 aromatic carbocycles. The molecule has 2 aromatic heterocycles. The highest BCUT2D eigenvalue weighted by Crippen LogP contribution is 2.14. The van der Waals surface area contributed by atoms with Gasteiger partial charge in [0.1, 0.15) is 11.3 Å². The second-order valence-electron chi connectivity index (χ2n) is 5.62. The van der Waals surface area contributed by atoms with Gasteiger partial charge in [0, 0.05) is 11.9 Å². The summed E-state index contributed by atoms with van der Waals surface area (Å²) in [6.45, 7) is 5.29. The second kappa shape index (κ2) is 6.79. The monoisotopic (exact) mass is 355 g/mol. The van der Waals surface area contributed by atoms with E-state index in [-0.39, 0.29) is 16.8 Å². The van der Waals surface area contributed by atoms with Crippen molar-refractivity contribution >= 4 is 22.6 Å². The number of nitrogens with zero attached hydrogens (tertiary/aromatic N) is 3. The summed E-state index contributed by atoms with van der Waals surface area (Å²) >= 11 is 0. The van der Waals surface area contributed by atoms with Gasteiger partial charge in [0.2, 0.25) is 0 Å². The van der Waals surface area contributed by atoms with Crippen molar-refractivity contribution < 1.29 is 14.1 Å². The first-order valence-corrected chi connectivity index (χ1v) is 7.97. The minimum atomic E-state index is -0.636. The molecule has 134 valence electrons. The normalized spacial score (nSPS) is 10.7. The molecule has 0 spiro atoms. The summed E-state index contributed by atoms with van der Waals surface area (Å²) in [5, 5.41) is 8.59. The zero-order valence-electron chi connectivity index (χ0n) is 14.5. The van der Waals surface area contributed by atoms with Crippen molar-refractivity contribution in [3.63, 3.8) is 0 Å². The Balaban J connectivity index is 1.90. The van der Waals surface area contributed by atoms with E-state index in [2.05, 4.69) is 21.1 Å². The van der Waals surface area contributed by atoms with Crippen LogP contribution in [-0.4, -0.2) is 26.8 Å². The summed E-state index contributed by atoms with van der Waals surface area (Å²) in [5.74, 6) is -0.844. The molecule has 0 aliphatic carbocycles. The largest absolute Gasteiger partial charge is 0.361 e. The molecule has 2 N–H and O–H groups in total. The maximum Gasteiger partial charge on any atom is 0.290 e. The number of hydrazine groups is 1. The molecule has 9 heteroatoms. The van der Waals surface area contributed by atoms with Crippen LogP contribution in [0.5, 0.6) is 0 Å². The number of aryl methyl sites for hydroxylation is 3. The Labute approximate surface area is 147 Å².